The second-order valence-electron chi connectivity index (χ2n) is 9.65. The zero-order valence-corrected chi connectivity index (χ0v) is 19.1. The lowest BCUT2D eigenvalue weighted by Gasteiger charge is -2.52. The highest BCUT2D eigenvalue weighted by atomic mass is 31.2. The van der Waals surface area contributed by atoms with Crippen LogP contribution in [0.1, 0.15) is 96.3 Å². The molecule has 4 rings (SSSR count). The van der Waals surface area contributed by atoms with Crippen LogP contribution in [-0.2, 0) is 0 Å². The monoisotopic (exact) mass is 409 g/mol. The number of hydrogen-bond acceptors (Lipinski definition) is 1. The van der Waals surface area contributed by atoms with Crippen LogP contribution >= 0.6 is 7.14 Å². The van der Waals surface area contributed by atoms with Crippen LogP contribution in [0.15, 0.2) is 35.3 Å². The number of nitrogens with zero attached hydrogens (tertiary/aromatic N) is 1. The molecule has 2 nitrogen and oxygen atoms in total. The molecule has 0 amide bonds. The number of amidine groups is 1. The van der Waals surface area contributed by atoms with Gasteiger partial charge >= 0.3 is 0 Å². The average Bonchev–Trinajstić information content (AvgIpc) is 2.81. The van der Waals surface area contributed by atoms with Gasteiger partial charge in [-0.15, -0.1) is 0 Å². The quantitative estimate of drug-likeness (QED) is 0.231. The molecule has 3 saturated carbocycles. The Balaban J connectivity index is 1.70. The summed E-state index contributed by atoms with van der Waals surface area (Å²) < 4.78 is 0. The van der Waals surface area contributed by atoms with E-state index < -0.39 is 7.14 Å². The lowest BCUT2D eigenvalue weighted by molar-refractivity contribution is 0.443. The highest BCUT2D eigenvalue weighted by molar-refractivity contribution is 8.10. The molecule has 0 spiro atoms. The first kappa shape index (κ1) is 21.4. The number of nitrogens with one attached hydrogen (secondary N) is 1. The van der Waals surface area contributed by atoms with Gasteiger partial charge in [0.25, 0.3) is 0 Å². The molecule has 0 atom stereocenters. The first-order chi connectivity index (χ1) is 14.3. The molecule has 0 saturated heterocycles. The van der Waals surface area contributed by atoms with Gasteiger partial charge in [0.1, 0.15) is 0 Å². The van der Waals surface area contributed by atoms with E-state index in [1.165, 1.54) is 108 Å². The van der Waals surface area contributed by atoms with Crippen LogP contribution in [0.5, 0.6) is 0 Å². The number of anilines is 1. The summed E-state index contributed by atoms with van der Waals surface area (Å²) in [4.78, 5) is 5.48. The maximum atomic E-state index is 7.67. The number of aliphatic imine (C=N–C) groups is 1. The normalized spacial score (nSPS) is 23.8. The first-order valence-electron chi connectivity index (χ1n) is 12.3. The first-order valence-corrected chi connectivity index (χ1v) is 14.3. The van der Waals surface area contributed by atoms with E-state index in [4.69, 9.17) is 12.6 Å². The Labute approximate surface area is 180 Å². The van der Waals surface area contributed by atoms with Gasteiger partial charge in [0, 0.05) is 17.0 Å². The van der Waals surface area contributed by atoms with Crippen molar-refractivity contribution in [2.75, 3.05) is 5.32 Å². The van der Waals surface area contributed by atoms with Gasteiger partial charge in [-0.25, -0.2) is 4.99 Å². The van der Waals surface area contributed by atoms with Crippen LogP contribution in [0.4, 0.5) is 5.69 Å². The summed E-state index contributed by atoms with van der Waals surface area (Å²) in [5, 5.41) is 3.84. The summed E-state index contributed by atoms with van der Waals surface area (Å²) in [7, 11) is 5.85. The van der Waals surface area contributed by atoms with Gasteiger partial charge in [0.05, 0.1) is 6.04 Å². The highest BCUT2D eigenvalue weighted by Gasteiger charge is 2.43. The fourth-order valence-corrected chi connectivity index (χ4v) is 10.3. The van der Waals surface area contributed by atoms with Crippen molar-refractivity contribution in [2.24, 2.45) is 4.99 Å². The maximum absolute atomic E-state index is 7.67. The van der Waals surface area contributed by atoms with Crippen molar-refractivity contribution in [2.45, 2.75) is 114 Å². The molecule has 0 heterocycles. The van der Waals surface area contributed by atoms with Crippen molar-refractivity contribution in [3.05, 3.63) is 30.3 Å². The molecule has 29 heavy (non-hydrogen) atoms. The van der Waals surface area contributed by atoms with Gasteiger partial charge in [-0.05, 0) is 76.3 Å². The number of benzene rings is 1. The molecule has 3 fully saturated rings. The van der Waals surface area contributed by atoms with Gasteiger partial charge in [-0.3, -0.25) is 7.57 Å². The summed E-state index contributed by atoms with van der Waals surface area (Å²) in [5.41, 5.74) is 3.76. The lowest BCUT2D eigenvalue weighted by atomic mass is 9.96. The fraction of sp³-hybridized carbons (Fsp3) is 0.720. The summed E-state index contributed by atoms with van der Waals surface area (Å²) in [6.45, 7) is 0. The summed E-state index contributed by atoms with van der Waals surface area (Å²) in [6, 6.07) is 11.2. The zero-order chi connectivity index (χ0) is 19.9. The average molecular weight is 409 g/mol. The predicted octanol–water partition coefficient (Wildman–Crippen LogP) is 7.55. The largest absolute Gasteiger partial charge is 0.315 e. The van der Waals surface area contributed by atoms with Crippen molar-refractivity contribution >= 4 is 26.0 Å². The van der Waals surface area contributed by atoms with E-state index in [0.717, 1.165) is 0 Å². The van der Waals surface area contributed by atoms with Crippen molar-refractivity contribution in [3.63, 3.8) is 0 Å². The topological polar surface area (TPSA) is 24.4 Å². The van der Waals surface area contributed by atoms with Crippen LogP contribution in [0.25, 0.3) is 0 Å². The van der Waals surface area contributed by atoms with Crippen LogP contribution < -0.4 is 5.32 Å². The molecular weight excluding hydrogens is 370 g/mol. The van der Waals surface area contributed by atoms with Gasteiger partial charge in [-0.2, -0.15) is 7.14 Å². The molecule has 1 N–H and O–H groups in total. The van der Waals surface area contributed by atoms with E-state index in [1.54, 1.807) is 0 Å². The van der Waals surface area contributed by atoms with E-state index >= 15 is 0 Å². The van der Waals surface area contributed by atoms with Crippen LogP contribution in [0.3, 0.4) is 0 Å². The second-order valence-corrected chi connectivity index (χ2v) is 13.2. The molecule has 3 aliphatic carbocycles. The van der Waals surface area contributed by atoms with Gasteiger partial charge < -0.3 is 5.32 Å². The molecule has 3 aliphatic rings. The number of para-hydroxylation sites is 1. The van der Waals surface area contributed by atoms with Crippen molar-refractivity contribution in [1.29, 1.82) is 0 Å². The van der Waals surface area contributed by atoms with Crippen molar-refractivity contribution < 1.29 is 0 Å². The third-order valence-corrected chi connectivity index (χ3v) is 12.0. The smallest absolute Gasteiger partial charge is 0.197 e. The molecule has 1 aromatic carbocycles. The SMILES string of the molecule is [B-][P+](C(=NC1CCCCC1)Nc1ccccc1)(C1CCCCC1)C1CCCCC1. The number of rotatable bonds is 5. The minimum Gasteiger partial charge on any atom is -0.315 e. The van der Waals surface area contributed by atoms with Crippen molar-refractivity contribution in [3.8, 4) is 0 Å². The Hall–Kier alpha value is -0.815. The fourth-order valence-electron chi connectivity index (χ4n) is 5.92. The maximum Gasteiger partial charge on any atom is 0.197 e. The van der Waals surface area contributed by atoms with E-state index in [1.807, 2.05) is 0 Å². The molecular formula is C25H39BN2P. The Kier molecular flexibility index (Phi) is 7.74. The number of hydrogen-bond donors (Lipinski definition) is 1. The molecule has 0 aromatic heterocycles. The minimum atomic E-state index is -1.82. The Bertz CT molecular complexity index is 626. The van der Waals surface area contributed by atoms with Crippen LogP contribution in [0.2, 0.25) is 0 Å². The Morgan fingerprint density at radius 2 is 1.21 bits per heavy atom. The highest BCUT2D eigenvalue weighted by Crippen LogP contribution is 2.69. The minimum absolute atomic E-state index is 0.477. The van der Waals surface area contributed by atoms with Crippen molar-refractivity contribution in [1.82, 2.24) is 0 Å². The van der Waals surface area contributed by atoms with E-state index in [-0.39, 0.29) is 0 Å². The van der Waals surface area contributed by atoms with E-state index in [0.29, 0.717) is 17.4 Å². The standard InChI is InChI=1S/C25H39BN2P/c26-29(23-17-9-3-10-18-23,24-19-11-4-12-20-24)25(27-21-13-5-1-6-14-21)28-22-15-7-2-8-16-22/h1,5-6,13-14,22-24H,2-4,7-12,15-20H2,(H,27,28). The third-order valence-electron chi connectivity index (χ3n) is 7.63. The van der Waals surface area contributed by atoms with Crippen LogP contribution in [0, 0.1) is 0 Å². The molecule has 3 radical (unpaired) electrons. The van der Waals surface area contributed by atoms with E-state index in [2.05, 4.69) is 35.6 Å². The van der Waals surface area contributed by atoms with E-state index in [9.17, 15) is 0 Å². The summed E-state index contributed by atoms with van der Waals surface area (Å²) in [6.07, 6.45) is 20.0. The lowest BCUT2D eigenvalue weighted by Crippen LogP contribution is -2.36. The molecule has 4 heteroatoms. The molecule has 0 bridgehead atoms. The van der Waals surface area contributed by atoms with Gasteiger partial charge in [0.15, 0.2) is 5.58 Å². The van der Waals surface area contributed by atoms with Gasteiger partial charge in [0.2, 0.25) is 0 Å². The molecule has 0 unspecified atom stereocenters. The predicted molar refractivity (Wildman–Crippen MR) is 131 cm³/mol. The Morgan fingerprint density at radius 3 is 1.72 bits per heavy atom. The molecule has 1 aromatic rings. The second kappa shape index (κ2) is 10.5. The van der Waals surface area contributed by atoms with Crippen LogP contribution in [-0.4, -0.2) is 30.5 Å². The summed E-state index contributed by atoms with van der Waals surface area (Å²) >= 11 is 0. The zero-order valence-electron chi connectivity index (χ0n) is 18.2. The Morgan fingerprint density at radius 1 is 0.724 bits per heavy atom. The summed E-state index contributed by atoms with van der Waals surface area (Å²) in [5.74, 6) is 0. The van der Waals surface area contributed by atoms with Gasteiger partial charge in [-0.1, -0.05) is 50.3 Å². The molecule has 157 valence electrons. The molecule has 0 aliphatic heterocycles. The third kappa shape index (κ3) is 5.27.